The highest BCUT2D eigenvalue weighted by atomic mass is 32.2. The van der Waals surface area contributed by atoms with Crippen molar-refractivity contribution >= 4 is 21.7 Å². The first-order valence-corrected chi connectivity index (χ1v) is 9.67. The minimum Gasteiger partial charge on any atom is -0.325 e. The quantitative estimate of drug-likeness (QED) is 0.910. The van der Waals surface area contributed by atoms with Crippen molar-refractivity contribution in [2.45, 2.75) is 26.2 Å². The van der Waals surface area contributed by atoms with E-state index in [1.807, 2.05) is 32.0 Å². The third kappa shape index (κ3) is 3.70. The van der Waals surface area contributed by atoms with Gasteiger partial charge in [-0.3, -0.25) is 0 Å². The van der Waals surface area contributed by atoms with E-state index in [1.165, 1.54) is 10.6 Å². The fourth-order valence-electron chi connectivity index (χ4n) is 2.82. The van der Waals surface area contributed by atoms with Gasteiger partial charge in [-0.15, -0.1) is 0 Å². The lowest BCUT2D eigenvalue weighted by Crippen LogP contribution is -2.27. The zero-order chi connectivity index (χ0) is 17.3. The van der Waals surface area contributed by atoms with Crippen LogP contribution in [-0.2, 0) is 10.0 Å². The Bertz CT molecular complexity index is 853. The van der Waals surface area contributed by atoms with Crippen LogP contribution in [0.2, 0.25) is 0 Å². The number of pyridine rings is 1. The highest BCUT2D eigenvalue weighted by Gasteiger charge is 2.31. The van der Waals surface area contributed by atoms with Crippen LogP contribution in [0.15, 0.2) is 24.4 Å². The molecule has 0 amide bonds. The Morgan fingerprint density at radius 2 is 2.08 bits per heavy atom. The second-order valence-electron chi connectivity index (χ2n) is 6.15. The van der Waals surface area contributed by atoms with Gasteiger partial charge in [0.2, 0.25) is 10.0 Å². The number of hydrogen-bond donors (Lipinski definition) is 1. The van der Waals surface area contributed by atoms with Crippen LogP contribution in [0.4, 0.5) is 11.6 Å². The standard InChI is InChI=1S/C16H21N5O2S/c1-11-5-4-7-17-15(11)19-14-9-12(2)18-16(20-14)13-6-8-21(10-13)24(3,22)23/h4-5,7,9,13H,6,8,10H2,1-3H3,(H,17,18,19,20)/t13-/m1/s1. The number of aromatic nitrogens is 3. The van der Waals surface area contributed by atoms with Gasteiger partial charge in [0.15, 0.2) is 0 Å². The second kappa shape index (κ2) is 6.45. The summed E-state index contributed by atoms with van der Waals surface area (Å²) in [5.74, 6) is 2.13. The molecule has 1 saturated heterocycles. The van der Waals surface area contributed by atoms with E-state index in [-0.39, 0.29) is 5.92 Å². The molecule has 7 nitrogen and oxygen atoms in total. The Labute approximate surface area is 142 Å². The van der Waals surface area contributed by atoms with Crippen LogP contribution in [0, 0.1) is 13.8 Å². The number of nitrogens with zero attached hydrogens (tertiary/aromatic N) is 4. The molecule has 1 aliphatic rings. The molecule has 0 bridgehead atoms. The summed E-state index contributed by atoms with van der Waals surface area (Å²) in [6.45, 7) is 4.84. The molecule has 24 heavy (non-hydrogen) atoms. The summed E-state index contributed by atoms with van der Waals surface area (Å²) >= 11 is 0. The molecule has 0 aromatic carbocycles. The van der Waals surface area contributed by atoms with E-state index in [1.54, 1.807) is 6.20 Å². The minimum atomic E-state index is -3.17. The van der Waals surface area contributed by atoms with Crippen LogP contribution in [0.5, 0.6) is 0 Å². The van der Waals surface area contributed by atoms with Crippen molar-refractivity contribution in [2.75, 3.05) is 24.7 Å². The summed E-state index contributed by atoms with van der Waals surface area (Å²) in [6, 6.07) is 5.72. The van der Waals surface area contributed by atoms with Crippen molar-refractivity contribution in [3.05, 3.63) is 41.5 Å². The van der Waals surface area contributed by atoms with E-state index in [2.05, 4.69) is 20.3 Å². The predicted octanol–water partition coefficient (Wildman–Crippen LogP) is 1.98. The first-order valence-electron chi connectivity index (χ1n) is 7.82. The van der Waals surface area contributed by atoms with Crippen molar-refractivity contribution in [1.82, 2.24) is 19.3 Å². The molecule has 128 valence electrons. The van der Waals surface area contributed by atoms with Gasteiger partial charge in [0, 0.05) is 37.0 Å². The lowest BCUT2D eigenvalue weighted by molar-refractivity contribution is 0.476. The van der Waals surface area contributed by atoms with Crippen molar-refractivity contribution in [1.29, 1.82) is 0 Å². The normalized spacial score (nSPS) is 18.7. The lowest BCUT2D eigenvalue weighted by Gasteiger charge is -2.14. The zero-order valence-corrected chi connectivity index (χ0v) is 14.8. The molecule has 0 unspecified atom stereocenters. The molecule has 3 rings (SSSR count). The highest BCUT2D eigenvalue weighted by Crippen LogP contribution is 2.28. The van der Waals surface area contributed by atoms with Crippen LogP contribution in [0.3, 0.4) is 0 Å². The van der Waals surface area contributed by atoms with Gasteiger partial charge in [-0.2, -0.15) is 0 Å². The minimum absolute atomic E-state index is 0.0185. The number of anilines is 2. The predicted molar refractivity (Wildman–Crippen MR) is 92.8 cm³/mol. The molecule has 2 aromatic heterocycles. The van der Waals surface area contributed by atoms with Crippen molar-refractivity contribution < 1.29 is 8.42 Å². The molecule has 0 radical (unpaired) electrons. The Hall–Kier alpha value is -2.06. The summed E-state index contributed by atoms with van der Waals surface area (Å²) < 4.78 is 24.9. The van der Waals surface area contributed by atoms with E-state index in [0.717, 1.165) is 23.5 Å². The van der Waals surface area contributed by atoms with E-state index in [4.69, 9.17) is 0 Å². The third-order valence-corrected chi connectivity index (χ3v) is 5.38. The molecule has 2 aromatic rings. The zero-order valence-electron chi connectivity index (χ0n) is 14.0. The number of rotatable bonds is 4. The van der Waals surface area contributed by atoms with Gasteiger partial charge in [-0.1, -0.05) is 6.07 Å². The second-order valence-corrected chi connectivity index (χ2v) is 8.14. The average molecular weight is 347 g/mol. The van der Waals surface area contributed by atoms with Gasteiger partial charge >= 0.3 is 0 Å². The Morgan fingerprint density at radius 1 is 1.29 bits per heavy atom. The maximum Gasteiger partial charge on any atom is 0.211 e. The van der Waals surface area contributed by atoms with Crippen molar-refractivity contribution in [3.8, 4) is 0 Å². The molecule has 8 heteroatoms. The van der Waals surface area contributed by atoms with Crippen LogP contribution in [0.25, 0.3) is 0 Å². The van der Waals surface area contributed by atoms with Gasteiger partial charge in [0.05, 0.1) is 6.26 Å². The molecule has 1 atom stereocenters. The van der Waals surface area contributed by atoms with E-state index < -0.39 is 10.0 Å². The maximum atomic E-state index is 11.7. The largest absolute Gasteiger partial charge is 0.325 e. The van der Waals surface area contributed by atoms with E-state index >= 15 is 0 Å². The summed E-state index contributed by atoms with van der Waals surface area (Å²) in [4.78, 5) is 13.4. The van der Waals surface area contributed by atoms with Crippen LogP contribution in [-0.4, -0.2) is 47.0 Å². The molecule has 0 spiro atoms. The van der Waals surface area contributed by atoms with E-state index in [0.29, 0.717) is 24.7 Å². The van der Waals surface area contributed by atoms with Gasteiger partial charge in [-0.05, 0) is 31.9 Å². The Balaban J connectivity index is 1.84. The smallest absolute Gasteiger partial charge is 0.211 e. The number of sulfonamides is 1. The molecule has 1 N–H and O–H groups in total. The van der Waals surface area contributed by atoms with Gasteiger partial charge in [0.1, 0.15) is 17.5 Å². The summed E-state index contributed by atoms with van der Waals surface area (Å²) in [5.41, 5.74) is 1.87. The summed E-state index contributed by atoms with van der Waals surface area (Å²) in [7, 11) is -3.17. The molecule has 1 fully saturated rings. The molecule has 0 saturated carbocycles. The highest BCUT2D eigenvalue weighted by molar-refractivity contribution is 7.88. The molecule has 3 heterocycles. The monoisotopic (exact) mass is 347 g/mol. The van der Waals surface area contributed by atoms with Gasteiger partial charge < -0.3 is 5.32 Å². The first-order chi connectivity index (χ1) is 11.3. The summed E-state index contributed by atoms with van der Waals surface area (Å²) in [6.07, 6.45) is 3.70. The topological polar surface area (TPSA) is 88.1 Å². The molecule has 1 aliphatic heterocycles. The average Bonchev–Trinajstić information content (AvgIpc) is 2.99. The fraction of sp³-hybridized carbons (Fsp3) is 0.438. The van der Waals surface area contributed by atoms with Gasteiger partial charge in [0.25, 0.3) is 0 Å². The van der Waals surface area contributed by atoms with Crippen LogP contribution >= 0.6 is 0 Å². The number of nitrogens with one attached hydrogen (secondary N) is 1. The Morgan fingerprint density at radius 3 is 2.75 bits per heavy atom. The fourth-order valence-corrected chi connectivity index (χ4v) is 3.70. The number of aryl methyl sites for hydroxylation is 2. The van der Waals surface area contributed by atoms with Crippen LogP contribution in [0.1, 0.15) is 29.4 Å². The summed E-state index contributed by atoms with van der Waals surface area (Å²) in [5, 5.41) is 3.22. The molecular formula is C16H21N5O2S. The maximum absolute atomic E-state index is 11.7. The molecule has 0 aliphatic carbocycles. The van der Waals surface area contributed by atoms with Crippen molar-refractivity contribution in [2.24, 2.45) is 0 Å². The SMILES string of the molecule is Cc1cc(Nc2ncccc2C)nc([C@@H]2CCN(S(C)(=O)=O)C2)n1. The lowest BCUT2D eigenvalue weighted by atomic mass is 10.1. The number of hydrogen-bond acceptors (Lipinski definition) is 6. The Kier molecular flexibility index (Phi) is 4.51. The van der Waals surface area contributed by atoms with Crippen molar-refractivity contribution in [3.63, 3.8) is 0 Å². The first kappa shape index (κ1) is 16.8. The van der Waals surface area contributed by atoms with E-state index in [9.17, 15) is 8.42 Å². The van der Waals surface area contributed by atoms with Gasteiger partial charge in [-0.25, -0.2) is 27.7 Å². The molecular weight excluding hydrogens is 326 g/mol. The van der Waals surface area contributed by atoms with Crippen LogP contribution < -0.4 is 5.32 Å². The third-order valence-electron chi connectivity index (χ3n) is 4.11.